The fourth-order valence-corrected chi connectivity index (χ4v) is 4.91. The minimum atomic E-state index is -0.641. The molecule has 0 bridgehead atoms. The normalized spacial score (nSPS) is 18.1. The third-order valence-corrected chi connectivity index (χ3v) is 6.77. The van der Waals surface area contributed by atoms with E-state index in [0.717, 1.165) is 30.5 Å². The summed E-state index contributed by atoms with van der Waals surface area (Å²) in [6.07, 6.45) is 10.1. The summed E-state index contributed by atoms with van der Waals surface area (Å²) in [6, 6.07) is 6.46. The first-order chi connectivity index (χ1) is 16.5. The van der Waals surface area contributed by atoms with Crippen LogP contribution >= 0.6 is 0 Å². The van der Waals surface area contributed by atoms with Gasteiger partial charge in [0.15, 0.2) is 0 Å². The fourth-order valence-electron chi connectivity index (χ4n) is 4.91. The number of urea groups is 1. The number of amides is 4. The lowest BCUT2D eigenvalue weighted by molar-refractivity contribution is -0.129. The zero-order valence-corrected chi connectivity index (χ0v) is 19.2. The second kappa shape index (κ2) is 11.1. The predicted octanol–water partition coefficient (Wildman–Crippen LogP) is 2.99. The van der Waals surface area contributed by atoms with Crippen molar-refractivity contribution in [3.63, 3.8) is 0 Å². The molecule has 182 valence electrons. The van der Waals surface area contributed by atoms with Crippen LogP contribution in [-0.4, -0.2) is 68.5 Å². The van der Waals surface area contributed by atoms with E-state index >= 15 is 0 Å². The number of H-pyrrole nitrogens is 1. The average Bonchev–Trinajstić information content (AvgIpc) is 3.64. The van der Waals surface area contributed by atoms with Gasteiger partial charge in [0.05, 0.1) is 18.2 Å². The van der Waals surface area contributed by atoms with Crippen molar-refractivity contribution in [1.29, 1.82) is 0 Å². The third kappa shape index (κ3) is 5.74. The average molecular weight is 469 g/mol. The Bertz CT molecular complexity index is 972. The Kier molecular flexibility index (Phi) is 7.79. The largest absolute Gasteiger partial charge is 0.345 e. The maximum Gasteiger partial charge on any atom is 0.321 e. The topological polar surface area (TPSA) is 131 Å². The van der Waals surface area contributed by atoms with Crippen molar-refractivity contribution in [3.05, 3.63) is 36.8 Å². The second-order valence-corrected chi connectivity index (χ2v) is 9.06. The van der Waals surface area contributed by atoms with E-state index in [1.807, 2.05) is 24.3 Å². The quantitative estimate of drug-likeness (QED) is 0.349. The molecule has 2 aromatic rings. The monoisotopic (exact) mass is 468 g/mol. The van der Waals surface area contributed by atoms with Crippen LogP contribution in [0.2, 0.25) is 0 Å². The molecule has 10 nitrogen and oxygen atoms in total. The summed E-state index contributed by atoms with van der Waals surface area (Å²) in [4.78, 5) is 48.3. The number of hydrogen-bond acceptors (Lipinski definition) is 5. The standard InChI is InChI=1S/C24H32N6O4/c31-22(28-34)15-29(13-11-17-4-1-2-5-17)24(33)30-12-3-6-21(30)23(32)27-19-9-7-18(8-10-19)20-14-25-16-26-20/h7-10,14,16-17,21,34H,1-6,11-13,15H2,(H,25,26)(H,27,32)(H,28,31)/t21-/m1/s1. The minimum Gasteiger partial charge on any atom is -0.345 e. The number of rotatable bonds is 8. The van der Waals surface area contributed by atoms with Gasteiger partial charge in [-0.1, -0.05) is 37.8 Å². The maximum absolute atomic E-state index is 13.3. The maximum atomic E-state index is 13.3. The summed E-state index contributed by atoms with van der Waals surface area (Å²) < 4.78 is 0. The molecule has 1 aromatic carbocycles. The first-order valence-electron chi connectivity index (χ1n) is 11.9. The SMILES string of the molecule is O=C(CN(CCC1CCCC1)C(=O)N1CCC[C@@H]1C(=O)Nc1ccc(-c2cnc[nH]2)cc1)NO. The van der Waals surface area contributed by atoms with Gasteiger partial charge < -0.3 is 20.1 Å². The molecule has 10 heteroatoms. The molecule has 0 spiro atoms. The molecule has 4 rings (SSSR count). The number of anilines is 1. The van der Waals surface area contributed by atoms with E-state index in [1.165, 1.54) is 17.7 Å². The van der Waals surface area contributed by atoms with Crippen LogP contribution in [0, 0.1) is 5.92 Å². The van der Waals surface area contributed by atoms with Gasteiger partial charge in [-0.2, -0.15) is 0 Å². The molecule has 1 saturated heterocycles. The summed E-state index contributed by atoms with van der Waals surface area (Å²) in [5.41, 5.74) is 4.09. The fraction of sp³-hybridized carbons (Fsp3) is 0.500. The Labute approximate surface area is 198 Å². The lowest BCUT2D eigenvalue weighted by Crippen LogP contribution is -2.51. The van der Waals surface area contributed by atoms with E-state index in [0.29, 0.717) is 37.5 Å². The summed E-state index contributed by atoms with van der Waals surface area (Å²) in [7, 11) is 0. The molecule has 1 aliphatic heterocycles. The van der Waals surface area contributed by atoms with Gasteiger partial charge >= 0.3 is 6.03 Å². The van der Waals surface area contributed by atoms with Crippen molar-refractivity contribution in [2.24, 2.45) is 5.92 Å². The third-order valence-electron chi connectivity index (χ3n) is 6.77. The summed E-state index contributed by atoms with van der Waals surface area (Å²) in [5.74, 6) is -0.338. The highest BCUT2D eigenvalue weighted by molar-refractivity contribution is 5.97. The van der Waals surface area contributed by atoms with Crippen molar-refractivity contribution in [3.8, 4) is 11.3 Å². The molecule has 1 atom stereocenters. The van der Waals surface area contributed by atoms with Crippen molar-refractivity contribution in [2.75, 3.05) is 25.0 Å². The molecule has 2 fully saturated rings. The van der Waals surface area contributed by atoms with Gasteiger partial charge in [-0.25, -0.2) is 15.3 Å². The molecule has 2 aliphatic rings. The first kappa shape index (κ1) is 23.7. The van der Waals surface area contributed by atoms with E-state index in [1.54, 1.807) is 22.9 Å². The Morgan fingerprint density at radius 3 is 2.56 bits per heavy atom. The summed E-state index contributed by atoms with van der Waals surface area (Å²) in [5, 5.41) is 11.9. The number of aromatic nitrogens is 2. The highest BCUT2D eigenvalue weighted by Gasteiger charge is 2.37. The molecular formula is C24H32N6O4. The van der Waals surface area contributed by atoms with Crippen LogP contribution < -0.4 is 10.8 Å². The molecule has 4 amide bonds. The van der Waals surface area contributed by atoms with Gasteiger partial charge in [-0.05, 0) is 42.9 Å². The Morgan fingerprint density at radius 2 is 1.88 bits per heavy atom. The van der Waals surface area contributed by atoms with E-state index in [9.17, 15) is 14.4 Å². The van der Waals surface area contributed by atoms with Crippen LogP contribution in [0.4, 0.5) is 10.5 Å². The van der Waals surface area contributed by atoms with Gasteiger partial charge in [-0.3, -0.25) is 14.8 Å². The number of carbonyl (C=O) groups is 3. The lowest BCUT2D eigenvalue weighted by atomic mass is 10.0. The lowest BCUT2D eigenvalue weighted by Gasteiger charge is -2.31. The highest BCUT2D eigenvalue weighted by atomic mass is 16.5. The second-order valence-electron chi connectivity index (χ2n) is 9.06. The highest BCUT2D eigenvalue weighted by Crippen LogP contribution is 2.28. The zero-order chi connectivity index (χ0) is 23.9. The number of benzene rings is 1. The molecule has 34 heavy (non-hydrogen) atoms. The van der Waals surface area contributed by atoms with Gasteiger partial charge in [0.1, 0.15) is 12.6 Å². The van der Waals surface area contributed by atoms with Crippen molar-refractivity contribution >= 4 is 23.5 Å². The minimum absolute atomic E-state index is 0.234. The van der Waals surface area contributed by atoms with Crippen molar-refractivity contribution in [2.45, 2.75) is 51.0 Å². The van der Waals surface area contributed by atoms with Gasteiger partial charge in [0.25, 0.3) is 5.91 Å². The predicted molar refractivity (Wildman–Crippen MR) is 126 cm³/mol. The molecule has 0 radical (unpaired) electrons. The Balaban J connectivity index is 1.39. The number of imidazole rings is 1. The van der Waals surface area contributed by atoms with Crippen molar-refractivity contribution < 1.29 is 19.6 Å². The van der Waals surface area contributed by atoms with E-state index in [2.05, 4.69) is 15.3 Å². The van der Waals surface area contributed by atoms with E-state index in [-0.39, 0.29) is 18.5 Å². The molecule has 2 heterocycles. The Hall–Kier alpha value is -3.40. The molecule has 4 N–H and O–H groups in total. The number of nitrogens with one attached hydrogen (secondary N) is 3. The van der Waals surface area contributed by atoms with E-state index in [4.69, 9.17) is 5.21 Å². The van der Waals surface area contributed by atoms with Crippen molar-refractivity contribution in [1.82, 2.24) is 25.2 Å². The van der Waals surface area contributed by atoms with Crippen LogP contribution in [0.3, 0.4) is 0 Å². The van der Waals surface area contributed by atoms with Crippen LogP contribution in [0.15, 0.2) is 36.8 Å². The zero-order valence-electron chi connectivity index (χ0n) is 19.2. The Morgan fingerprint density at radius 1 is 1.12 bits per heavy atom. The van der Waals surface area contributed by atoms with Gasteiger partial charge in [-0.15, -0.1) is 0 Å². The van der Waals surface area contributed by atoms with Gasteiger partial charge in [0.2, 0.25) is 5.91 Å². The van der Waals surface area contributed by atoms with Crippen LogP contribution in [0.1, 0.15) is 44.9 Å². The van der Waals surface area contributed by atoms with Crippen LogP contribution in [0.5, 0.6) is 0 Å². The number of hydroxylamine groups is 1. The van der Waals surface area contributed by atoms with Crippen LogP contribution in [-0.2, 0) is 9.59 Å². The van der Waals surface area contributed by atoms with Gasteiger partial charge in [0, 0.05) is 18.8 Å². The summed E-state index contributed by atoms with van der Waals surface area (Å²) >= 11 is 0. The molecule has 1 aromatic heterocycles. The number of nitrogens with zero attached hydrogens (tertiary/aromatic N) is 3. The summed E-state index contributed by atoms with van der Waals surface area (Å²) in [6.45, 7) is 0.648. The molecule has 1 aliphatic carbocycles. The number of aromatic amines is 1. The molecule has 1 saturated carbocycles. The van der Waals surface area contributed by atoms with Crippen LogP contribution in [0.25, 0.3) is 11.3 Å². The molecule has 0 unspecified atom stereocenters. The smallest absolute Gasteiger partial charge is 0.321 e. The van der Waals surface area contributed by atoms with E-state index < -0.39 is 11.9 Å². The molecular weight excluding hydrogens is 436 g/mol. The number of hydrogen-bond donors (Lipinski definition) is 4. The number of carbonyl (C=O) groups excluding carboxylic acids is 3. The first-order valence-corrected chi connectivity index (χ1v) is 11.9. The number of likely N-dealkylation sites (tertiary alicyclic amines) is 1.